The largest absolute Gasteiger partial charge is 0.396 e. The molecule has 18 heavy (non-hydrogen) atoms. The van der Waals surface area contributed by atoms with E-state index in [4.69, 9.17) is 5.11 Å². The summed E-state index contributed by atoms with van der Waals surface area (Å²) < 4.78 is 14.0. The minimum Gasteiger partial charge on any atom is -0.396 e. The summed E-state index contributed by atoms with van der Waals surface area (Å²) in [6.45, 7) is 6.20. The minimum atomic E-state index is -0.717. The van der Waals surface area contributed by atoms with E-state index in [1.54, 1.807) is 19.1 Å². The summed E-state index contributed by atoms with van der Waals surface area (Å²) in [4.78, 5) is 1.88. The highest BCUT2D eigenvalue weighted by atomic mass is 19.1. The molecule has 3 nitrogen and oxygen atoms in total. The molecule has 2 N–H and O–H groups in total. The van der Waals surface area contributed by atoms with Gasteiger partial charge in [-0.15, -0.1) is 0 Å². The Morgan fingerprint density at radius 3 is 2.44 bits per heavy atom. The van der Waals surface area contributed by atoms with Crippen LogP contribution in [0.25, 0.3) is 0 Å². The monoisotopic (exact) mass is 255 g/mol. The van der Waals surface area contributed by atoms with Gasteiger partial charge in [0.2, 0.25) is 0 Å². The van der Waals surface area contributed by atoms with Gasteiger partial charge in [-0.1, -0.05) is 12.1 Å². The Hall–Kier alpha value is -1.13. The SMILES string of the molecule is CC(C)N(CCCO)c1c(F)cccc1[C@H](C)O. The second-order valence-electron chi connectivity index (χ2n) is 4.72. The van der Waals surface area contributed by atoms with Gasteiger partial charge in [0.1, 0.15) is 5.82 Å². The van der Waals surface area contributed by atoms with Gasteiger partial charge < -0.3 is 15.1 Å². The fourth-order valence-electron chi connectivity index (χ4n) is 2.04. The molecule has 0 aliphatic carbocycles. The maximum Gasteiger partial charge on any atom is 0.146 e. The van der Waals surface area contributed by atoms with Crippen LogP contribution in [-0.2, 0) is 0 Å². The first-order chi connectivity index (χ1) is 8.49. The number of aliphatic hydroxyl groups excluding tert-OH is 2. The van der Waals surface area contributed by atoms with Crippen molar-refractivity contribution in [2.45, 2.75) is 39.3 Å². The molecule has 0 unspecified atom stereocenters. The van der Waals surface area contributed by atoms with Crippen molar-refractivity contribution < 1.29 is 14.6 Å². The van der Waals surface area contributed by atoms with E-state index in [-0.39, 0.29) is 18.5 Å². The maximum atomic E-state index is 14.0. The summed E-state index contributed by atoms with van der Waals surface area (Å²) in [6, 6.07) is 4.84. The van der Waals surface area contributed by atoms with Crippen LogP contribution in [0, 0.1) is 5.82 Å². The summed E-state index contributed by atoms with van der Waals surface area (Å²) in [5.74, 6) is -0.333. The van der Waals surface area contributed by atoms with Crippen LogP contribution in [0.2, 0.25) is 0 Å². The Labute approximate surface area is 108 Å². The zero-order valence-electron chi connectivity index (χ0n) is 11.2. The lowest BCUT2D eigenvalue weighted by molar-refractivity contribution is 0.199. The van der Waals surface area contributed by atoms with Crippen LogP contribution in [0.4, 0.5) is 10.1 Å². The number of hydrogen-bond acceptors (Lipinski definition) is 3. The molecule has 0 fully saturated rings. The molecule has 0 saturated carbocycles. The van der Waals surface area contributed by atoms with Crippen LogP contribution in [0.3, 0.4) is 0 Å². The van der Waals surface area contributed by atoms with Gasteiger partial charge in [-0.05, 0) is 33.3 Å². The Kier molecular flexibility index (Phi) is 5.56. The van der Waals surface area contributed by atoms with Crippen LogP contribution in [0.15, 0.2) is 18.2 Å². The van der Waals surface area contributed by atoms with Crippen molar-refractivity contribution in [3.63, 3.8) is 0 Å². The average molecular weight is 255 g/mol. The summed E-state index contributed by atoms with van der Waals surface area (Å²) in [5.41, 5.74) is 1.03. The first-order valence-corrected chi connectivity index (χ1v) is 6.33. The molecular formula is C14H22FNO2. The highest BCUT2D eigenvalue weighted by Crippen LogP contribution is 2.30. The number of nitrogens with zero attached hydrogens (tertiary/aromatic N) is 1. The van der Waals surface area contributed by atoms with Crippen LogP contribution in [0.5, 0.6) is 0 Å². The molecule has 1 atom stereocenters. The van der Waals surface area contributed by atoms with Crippen LogP contribution in [-0.4, -0.2) is 29.4 Å². The molecule has 0 aliphatic heterocycles. The van der Waals surface area contributed by atoms with Gasteiger partial charge in [-0.3, -0.25) is 0 Å². The Morgan fingerprint density at radius 2 is 1.94 bits per heavy atom. The quantitative estimate of drug-likeness (QED) is 0.820. The molecular weight excluding hydrogens is 233 g/mol. The van der Waals surface area contributed by atoms with Gasteiger partial charge in [0.15, 0.2) is 0 Å². The van der Waals surface area contributed by atoms with Gasteiger partial charge in [-0.25, -0.2) is 4.39 Å². The van der Waals surface area contributed by atoms with Gasteiger partial charge in [0, 0.05) is 24.8 Å². The number of hydrogen-bond donors (Lipinski definition) is 2. The molecule has 4 heteroatoms. The second-order valence-corrected chi connectivity index (χ2v) is 4.72. The molecule has 1 rings (SSSR count). The van der Waals surface area contributed by atoms with Gasteiger partial charge in [0.25, 0.3) is 0 Å². The van der Waals surface area contributed by atoms with E-state index in [9.17, 15) is 9.50 Å². The van der Waals surface area contributed by atoms with Crippen molar-refractivity contribution in [1.29, 1.82) is 0 Å². The number of halogens is 1. The minimum absolute atomic E-state index is 0.0711. The molecule has 0 spiro atoms. The topological polar surface area (TPSA) is 43.7 Å². The third-order valence-corrected chi connectivity index (χ3v) is 2.94. The third-order valence-electron chi connectivity index (χ3n) is 2.94. The van der Waals surface area contributed by atoms with Crippen LogP contribution in [0.1, 0.15) is 38.9 Å². The number of aliphatic hydroxyl groups is 2. The molecule has 0 aliphatic rings. The van der Waals surface area contributed by atoms with Crippen LogP contribution >= 0.6 is 0 Å². The lowest BCUT2D eigenvalue weighted by Gasteiger charge is -2.31. The van der Waals surface area contributed by atoms with Gasteiger partial charge in [-0.2, -0.15) is 0 Å². The molecule has 0 saturated heterocycles. The van der Waals surface area contributed by atoms with Crippen molar-refractivity contribution in [3.05, 3.63) is 29.6 Å². The molecule has 0 radical (unpaired) electrons. The summed E-state index contributed by atoms with van der Waals surface area (Å²) in [7, 11) is 0. The molecule has 0 amide bonds. The molecule has 1 aromatic rings. The third kappa shape index (κ3) is 3.43. The predicted molar refractivity (Wildman–Crippen MR) is 71.2 cm³/mol. The number of benzene rings is 1. The van der Waals surface area contributed by atoms with E-state index in [0.29, 0.717) is 24.2 Å². The van der Waals surface area contributed by atoms with E-state index < -0.39 is 6.10 Å². The van der Waals surface area contributed by atoms with Gasteiger partial charge in [0.05, 0.1) is 11.8 Å². The average Bonchev–Trinajstić information content (AvgIpc) is 2.30. The summed E-state index contributed by atoms with van der Waals surface area (Å²) in [5, 5.41) is 18.7. The standard InChI is InChI=1S/C14H22FNO2/c1-10(2)16(8-5-9-17)14-12(11(3)18)6-4-7-13(14)15/h4,6-7,10-11,17-18H,5,8-9H2,1-3H3/t11-/m0/s1. The first-order valence-electron chi connectivity index (χ1n) is 6.33. The van der Waals surface area contributed by atoms with Crippen molar-refractivity contribution in [3.8, 4) is 0 Å². The van der Waals surface area contributed by atoms with E-state index in [1.165, 1.54) is 6.07 Å². The van der Waals surface area contributed by atoms with Crippen LogP contribution < -0.4 is 4.90 Å². The molecule has 0 bridgehead atoms. The Morgan fingerprint density at radius 1 is 1.28 bits per heavy atom. The molecule has 1 aromatic carbocycles. The number of para-hydroxylation sites is 1. The van der Waals surface area contributed by atoms with E-state index >= 15 is 0 Å². The first kappa shape index (κ1) is 14.9. The highest BCUT2D eigenvalue weighted by molar-refractivity contribution is 5.56. The zero-order valence-corrected chi connectivity index (χ0v) is 11.2. The Balaban J connectivity index is 3.17. The molecule has 0 aromatic heterocycles. The molecule has 0 heterocycles. The van der Waals surface area contributed by atoms with Gasteiger partial charge >= 0.3 is 0 Å². The van der Waals surface area contributed by atoms with Crippen molar-refractivity contribution >= 4 is 5.69 Å². The highest BCUT2D eigenvalue weighted by Gasteiger charge is 2.20. The second kappa shape index (κ2) is 6.71. The maximum absolute atomic E-state index is 14.0. The van der Waals surface area contributed by atoms with Crippen molar-refractivity contribution in [1.82, 2.24) is 0 Å². The predicted octanol–water partition coefficient (Wildman–Crippen LogP) is 2.48. The number of anilines is 1. The van der Waals surface area contributed by atoms with E-state index in [2.05, 4.69) is 0 Å². The fraction of sp³-hybridized carbons (Fsp3) is 0.571. The smallest absolute Gasteiger partial charge is 0.146 e. The summed E-state index contributed by atoms with van der Waals surface area (Å²) in [6.07, 6.45) is -0.141. The van der Waals surface area contributed by atoms with E-state index in [1.807, 2.05) is 18.7 Å². The van der Waals surface area contributed by atoms with E-state index in [0.717, 1.165) is 0 Å². The molecule has 102 valence electrons. The summed E-state index contributed by atoms with van der Waals surface area (Å²) >= 11 is 0. The zero-order chi connectivity index (χ0) is 13.7. The normalized spacial score (nSPS) is 12.8. The van der Waals surface area contributed by atoms with Crippen molar-refractivity contribution in [2.24, 2.45) is 0 Å². The van der Waals surface area contributed by atoms with Crippen molar-refractivity contribution in [2.75, 3.05) is 18.1 Å². The lowest BCUT2D eigenvalue weighted by atomic mass is 10.1. The lowest BCUT2D eigenvalue weighted by Crippen LogP contribution is -2.34. The number of rotatable bonds is 6. The Bertz CT molecular complexity index is 380. The fourth-order valence-corrected chi connectivity index (χ4v) is 2.04.